The Morgan fingerprint density at radius 3 is 2.75 bits per heavy atom. The number of hydrogen-bond donors (Lipinski definition) is 0. The fourth-order valence-electron chi connectivity index (χ4n) is 2.22. The summed E-state index contributed by atoms with van der Waals surface area (Å²) >= 11 is 0. The number of ether oxygens (including phenoxy) is 1. The molecule has 102 valence electrons. The molecule has 0 saturated carbocycles. The van der Waals surface area contributed by atoms with E-state index in [1.54, 1.807) is 32.9 Å². The fraction of sp³-hybridized carbons (Fsp3) is 0.267. The Morgan fingerprint density at radius 1 is 1.30 bits per heavy atom. The first-order valence-electron chi connectivity index (χ1n) is 6.33. The molecule has 0 amide bonds. The maximum absolute atomic E-state index is 12.3. The van der Waals surface area contributed by atoms with Crippen molar-refractivity contribution in [2.24, 2.45) is 0 Å². The van der Waals surface area contributed by atoms with Crippen molar-refractivity contribution < 1.29 is 9.53 Å². The Morgan fingerprint density at radius 2 is 2.05 bits per heavy atom. The van der Waals surface area contributed by atoms with E-state index in [2.05, 4.69) is 4.98 Å². The lowest BCUT2D eigenvalue weighted by Gasteiger charge is -2.20. The molecule has 2 heterocycles. The van der Waals surface area contributed by atoms with E-state index in [0.29, 0.717) is 16.4 Å². The van der Waals surface area contributed by atoms with Crippen molar-refractivity contribution in [2.75, 3.05) is 0 Å². The van der Waals surface area contributed by atoms with Crippen LogP contribution in [0.15, 0.2) is 35.4 Å². The minimum Gasteiger partial charge on any atom is -0.456 e. The third kappa shape index (κ3) is 1.91. The maximum Gasteiger partial charge on any atom is 0.339 e. The van der Waals surface area contributed by atoms with E-state index in [-0.39, 0.29) is 11.1 Å². The first-order valence-corrected chi connectivity index (χ1v) is 6.33. The second-order valence-corrected chi connectivity index (χ2v) is 5.69. The molecule has 0 aliphatic heterocycles. The van der Waals surface area contributed by atoms with E-state index in [4.69, 9.17) is 4.74 Å². The van der Waals surface area contributed by atoms with Crippen molar-refractivity contribution in [3.05, 3.63) is 46.5 Å². The van der Waals surface area contributed by atoms with Crippen LogP contribution < -0.4 is 5.56 Å². The van der Waals surface area contributed by atoms with Crippen LogP contribution >= 0.6 is 0 Å². The van der Waals surface area contributed by atoms with E-state index in [1.165, 1.54) is 16.8 Å². The van der Waals surface area contributed by atoms with E-state index in [1.807, 2.05) is 6.07 Å². The molecule has 3 rings (SSSR count). The minimum atomic E-state index is -0.605. The molecule has 0 radical (unpaired) electrons. The zero-order valence-corrected chi connectivity index (χ0v) is 11.5. The lowest BCUT2D eigenvalue weighted by atomic mass is 10.1. The molecule has 0 N–H and O–H groups in total. The van der Waals surface area contributed by atoms with Crippen LogP contribution in [-0.2, 0) is 4.74 Å². The Balaban J connectivity index is 2.29. The Hall–Kier alpha value is -2.43. The summed E-state index contributed by atoms with van der Waals surface area (Å²) in [6.45, 7) is 5.38. The summed E-state index contributed by atoms with van der Waals surface area (Å²) in [5.41, 5.74) is 0.730. The molecule has 5 nitrogen and oxygen atoms in total. The van der Waals surface area contributed by atoms with Crippen LogP contribution in [0.25, 0.3) is 16.4 Å². The van der Waals surface area contributed by atoms with Crippen LogP contribution in [0.2, 0.25) is 0 Å². The molecular weight excluding hydrogens is 256 g/mol. The summed E-state index contributed by atoms with van der Waals surface area (Å²) in [6.07, 6.45) is 1.47. The van der Waals surface area contributed by atoms with Gasteiger partial charge in [0.2, 0.25) is 0 Å². The largest absolute Gasteiger partial charge is 0.456 e. The van der Waals surface area contributed by atoms with Gasteiger partial charge in [0.15, 0.2) is 0 Å². The molecule has 0 unspecified atom stereocenters. The van der Waals surface area contributed by atoms with Crippen LogP contribution in [0, 0.1) is 0 Å². The van der Waals surface area contributed by atoms with Gasteiger partial charge in [-0.05, 0) is 26.8 Å². The van der Waals surface area contributed by atoms with Crippen molar-refractivity contribution in [1.29, 1.82) is 0 Å². The smallest absolute Gasteiger partial charge is 0.339 e. The van der Waals surface area contributed by atoms with Gasteiger partial charge < -0.3 is 4.74 Å². The van der Waals surface area contributed by atoms with Gasteiger partial charge in [0.05, 0.1) is 16.6 Å². The van der Waals surface area contributed by atoms with E-state index < -0.39 is 11.6 Å². The molecule has 0 atom stereocenters. The van der Waals surface area contributed by atoms with Gasteiger partial charge in [0.25, 0.3) is 5.56 Å². The molecular formula is C15H14N2O3. The number of aromatic nitrogens is 2. The summed E-state index contributed by atoms with van der Waals surface area (Å²) in [7, 11) is 0. The maximum atomic E-state index is 12.3. The molecule has 3 aromatic rings. The lowest BCUT2D eigenvalue weighted by molar-refractivity contribution is 0.00716. The number of benzene rings is 1. The van der Waals surface area contributed by atoms with Gasteiger partial charge in [-0.1, -0.05) is 12.1 Å². The number of hydrogen-bond acceptors (Lipinski definition) is 4. The topological polar surface area (TPSA) is 60.7 Å². The molecule has 0 saturated heterocycles. The number of nitrogens with zero attached hydrogens (tertiary/aromatic N) is 2. The van der Waals surface area contributed by atoms with Crippen LogP contribution in [0.3, 0.4) is 0 Å². The predicted octanol–water partition coefficient (Wildman–Crippen LogP) is 2.24. The van der Waals surface area contributed by atoms with Crippen molar-refractivity contribution >= 4 is 22.4 Å². The SMILES string of the molecule is CC(C)(C)OC(=O)c1cc(=O)n2cnc3cccc1c32. The summed E-state index contributed by atoms with van der Waals surface area (Å²) < 4.78 is 6.80. The third-order valence-corrected chi connectivity index (χ3v) is 2.98. The summed E-state index contributed by atoms with van der Waals surface area (Å²) in [4.78, 5) is 28.5. The average molecular weight is 270 g/mol. The van der Waals surface area contributed by atoms with Crippen molar-refractivity contribution in [3.63, 3.8) is 0 Å². The molecule has 0 aliphatic carbocycles. The Labute approximate surface area is 115 Å². The van der Waals surface area contributed by atoms with Crippen LogP contribution in [0.5, 0.6) is 0 Å². The zero-order chi connectivity index (χ0) is 14.5. The van der Waals surface area contributed by atoms with Gasteiger partial charge in [-0.25, -0.2) is 9.78 Å². The highest BCUT2D eigenvalue weighted by molar-refractivity contribution is 6.07. The second-order valence-electron chi connectivity index (χ2n) is 5.69. The molecule has 2 aromatic heterocycles. The van der Waals surface area contributed by atoms with Gasteiger partial charge in [0, 0.05) is 11.5 Å². The minimum absolute atomic E-state index is 0.281. The average Bonchev–Trinajstić information content (AvgIpc) is 2.77. The fourth-order valence-corrected chi connectivity index (χ4v) is 2.22. The monoisotopic (exact) mass is 270 g/mol. The number of carbonyl (C=O) groups excluding carboxylic acids is 1. The molecule has 20 heavy (non-hydrogen) atoms. The molecule has 0 spiro atoms. The standard InChI is InChI=1S/C15H14N2O3/c1-15(2,3)20-14(19)10-7-12(18)17-8-16-11-6-4-5-9(10)13(11)17/h4-8H,1-3H3. The quantitative estimate of drug-likeness (QED) is 0.636. The van der Waals surface area contributed by atoms with Crippen LogP contribution in [0.1, 0.15) is 31.1 Å². The first-order chi connectivity index (χ1) is 9.37. The molecule has 1 aromatic carbocycles. The van der Waals surface area contributed by atoms with Gasteiger partial charge in [-0.15, -0.1) is 0 Å². The van der Waals surface area contributed by atoms with Crippen molar-refractivity contribution in [3.8, 4) is 0 Å². The lowest BCUT2D eigenvalue weighted by Crippen LogP contribution is -2.25. The molecule has 0 aliphatic rings. The zero-order valence-electron chi connectivity index (χ0n) is 11.5. The first kappa shape index (κ1) is 12.6. The number of carbonyl (C=O) groups is 1. The van der Waals surface area contributed by atoms with E-state index in [9.17, 15) is 9.59 Å². The van der Waals surface area contributed by atoms with Crippen LogP contribution in [-0.4, -0.2) is 21.0 Å². The number of rotatable bonds is 1. The molecule has 0 bridgehead atoms. The Kier molecular flexibility index (Phi) is 2.54. The predicted molar refractivity (Wildman–Crippen MR) is 75.3 cm³/mol. The van der Waals surface area contributed by atoms with Crippen molar-refractivity contribution in [2.45, 2.75) is 26.4 Å². The summed E-state index contributed by atoms with van der Waals surface area (Å²) in [5.74, 6) is -0.495. The number of esters is 1. The third-order valence-electron chi connectivity index (χ3n) is 2.98. The van der Waals surface area contributed by atoms with Gasteiger partial charge in [0.1, 0.15) is 11.9 Å². The number of para-hydroxylation sites is 1. The summed E-state index contributed by atoms with van der Waals surface area (Å²) in [5, 5.41) is 0.675. The van der Waals surface area contributed by atoms with Gasteiger partial charge in [-0.3, -0.25) is 9.20 Å². The second kappa shape index (κ2) is 4.03. The molecule has 0 fully saturated rings. The summed E-state index contributed by atoms with van der Waals surface area (Å²) in [6, 6.07) is 6.71. The van der Waals surface area contributed by atoms with Gasteiger partial charge in [-0.2, -0.15) is 0 Å². The highest BCUT2D eigenvalue weighted by Crippen LogP contribution is 2.23. The van der Waals surface area contributed by atoms with Crippen molar-refractivity contribution in [1.82, 2.24) is 9.38 Å². The normalized spacial score (nSPS) is 12.2. The molecule has 5 heteroatoms. The van der Waals surface area contributed by atoms with Crippen LogP contribution in [0.4, 0.5) is 0 Å². The Bertz CT molecular complexity index is 859. The number of pyridine rings is 1. The van der Waals surface area contributed by atoms with E-state index in [0.717, 1.165) is 0 Å². The highest BCUT2D eigenvalue weighted by atomic mass is 16.6. The highest BCUT2D eigenvalue weighted by Gasteiger charge is 2.22. The number of imidazole rings is 1. The van der Waals surface area contributed by atoms with E-state index >= 15 is 0 Å². The van der Waals surface area contributed by atoms with Gasteiger partial charge >= 0.3 is 5.97 Å².